The van der Waals surface area contributed by atoms with Crippen molar-refractivity contribution in [3.63, 3.8) is 0 Å². The molecule has 0 saturated heterocycles. The van der Waals surface area contributed by atoms with Crippen LogP contribution in [0.2, 0.25) is 0 Å². The van der Waals surface area contributed by atoms with Gasteiger partial charge in [-0.15, -0.1) is 0 Å². The zero-order chi connectivity index (χ0) is 14.7. The first-order valence-electron chi connectivity index (χ1n) is 7.09. The summed E-state index contributed by atoms with van der Waals surface area (Å²) in [6.07, 6.45) is 0.961. The fourth-order valence-electron chi connectivity index (χ4n) is 2.62. The fraction of sp³-hybridized carbons (Fsp3) is 0.294. The van der Waals surface area contributed by atoms with E-state index in [0.29, 0.717) is 17.9 Å². The van der Waals surface area contributed by atoms with Gasteiger partial charge in [-0.2, -0.15) is 5.26 Å². The number of anilines is 1. The van der Waals surface area contributed by atoms with Gasteiger partial charge in [0.15, 0.2) is 0 Å². The minimum atomic E-state index is 0.00352. The highest BCUT2D eigenvalue weighted by Gasteiger charge is 2.20. The third kappa shape index (κ3) is 2.88. The first kappa shape index (κ1) is 13.6. The smallest absolute Gasteiger partial charge is 0.144 e. The molecular formula is C17H17N3O. The van der Waals surface area contributed by atoms with Crippen molar-refractivity contribution in [2.75, 3.05) is 18.5 Å². The summed E-state index contributed by atoms with van der Waals surface area (Å²) in [5.41, 5.74) is 4.02. The molecule has 1 unspecified atom stereocenters. The molecule has 0 bridgehead atoms. The van der Waals surface area contributed by atoms with Crippen LogP contribution in [0.5, 0.6) is 0 Å². The van der Waals surface area contributed by atoms with Crippen molar-refractivity contribution < 1.29 is 4.74 Å². The van der Waals surface area contributed by atoms with Crippen molar-refractivity contribution in [3.05, 3.63) is 58.8 Å². The van der Waals surface area contributed by atoms with E-state index < -0.39 is 0 Å². The van der Waals surface area contributed by atoms with Gasteiger partial charge in [0.25, 0.3) is 0 Å². The van der Waals surface area contributed by atoms with Gasteiger partial charge in [-0.05, 0) is 36.6 Å². The second-order valence-electron chi connectivity index (χ2n) is 5.15. The van der Waals surface area contributed by atoms with Crippen LogP contribution in [0.3, 0.4) is 0 Å². The standard InChI is InChI=1S/C17H17N3O/c1-12-6-7-14(10-18)17(20-12)19-11-16-15-5-3-2-4-13(15)8-9-21-16/h2-7,16H,8-9,11H2,1H3,(H,19,20). The number of aryl methyl sites for hydroxylation is 1. The first-order chi connectivity index (χ1) is 10.3. The van der Waals surface area contributed by atoms with Gasteiger partial charge in [0.2, 0.25) is 0 Å². The summed E-state index contributed by atoms with van der Waals surface area (Å²) in [6.45, 7) is 3.26. The van der Waals surface area contributed by atoms with E-state index in [1.54, 1.807) is 6.07 Å². The SMILES string of the molecule is Cc1ccc(C#N)c(NCC2OCCc3ccccc32)n1. The third-order valence-electron chi connectivity index (χ3n) is 3.70. The Hall–Kier alpha value is -2.38. The number of ether oxygens (including phenoxy) is 1. The summed E-state index contributed by atoms with van der Waals surface area (Å²) < 4.78 is 5.86. The molecule has 0 fully saturated rings. The Kier molecular flexibility index (Phi) is 3.85. The molecule has 4 nitrogen and oxygen atoms in total. The molecule has 0 spiro atoms. The van der Waals surface area contributed by atoms with Crippen LogP contribution in [0.4, 0.5) is 5.82 Å². The second kappa shape index (κ2) is 5.94. The quantitative estimate of drug-likeness (QED) is 0.938. The molecule has 106 valence electrons. The fourth-order valence-corrected chi connectivity index (χ4v) is 2.62. The van der Waals surface area contributed by atoms with Crippen molar-refractivity contribution in [3.8, 4) is 6.07 Å². The molecule has 0 saturated carbocycles. The summed E-state index contributed by atoms with van der Waals surface area (Å²) in [6, 6.07) is 14.1. The van der Waals surface area contributed by atoms with Crippen molar-refractivity contribution in [2.24, 2.45) is 0 Å². The number of nitriles is 1. The van der Waals surface area contributed by atoms with E-state index in [0.717, 1.165) is 18.7 Å². The molecule has 2 aromatic rings. The van der Waals surface area contributed by atoms with Gasteiger partial charge in [0, 0.05) is 12.2 Å². The lowest BCUT2D eigenvalue weighted by Crippen LogP contribution is -2.23. The van der Waals surface area contributed by atoms with E-state index in [1.165, 1.54) is 11.1 Å². The number of hydrogen-bond donors (Lipinski definition) is 1. The van der Waals surface area contributed by atoms with Gasteiger partial charge in [-0.25, -0.2) is 4.98 Å². The Balaban J connectivity index is 1.78. The number of fused-ring (bicyclic) bond motifs is 1. The molecule has 2 heterocycles. The van der Waals surface area contributed by atoms with E-state index >= 15 is 0 Å². The van der Waals surface area contributed by atoms with Crippen LogP contribution in [-0.2, 0) is 11.2 Å². The minimum absolute atomic E-state index is 0.00352. The predicted octanol–water partition coefficient (Wildman–Crippen LogP) is 2.99. The first-order valence-corrected chi connectivity index (χ1v) is 7.09. The molecule has 1 aliphatic heterocycles. The number of hydrogen-bond acceptors (Lipinski definition) is 4. The monoisotopic (exact) mass is 279 g/mol. The molecule has 1 aromatic carbocycles. The van der Waals surface area contributed by atoms with E-state index in [2.05, 4.69) is 34.6 Å². The van der Waals surface area contributed by atoms with Crippen molar-refractivity contribution in [1.82, 2.24) is 4.98 Å². The van der Waals surface area contributed by atoms with Crippen molar-refractivity contribution >= 4 is 5.82 Å². The Morgan fingerprint density at radius 3 is 3.05 bits per heavy atom. The highest BCUT2D eigenvalue weighted by atomic mass is 16.5. The summed E-state index contributed by atoms with van der Waals surface area (Å²) in [5, 5.41) is 12.4. The van der Waals surface area contributed by atoms with Gasteiger partial charge in [0.05, 0.1) is 18.3 Å². The normalized spacial score (nSPS) is 16.9. The molecular weight excluding hydrogens is 262 g/mol. The van der Waals surface area contributed by atoms with E-state index in [4.69, 9.17) is 10.00 Å². The molecule has 1 aliphatic rings. The van der Waals surface area contributed by atoms with Crippen LogP contribution in [0.15, 0.2) is 36.4 Å². The minimum Gasteiger partial charge on any atom is -0.371 e. The number of benzene rings is 1. The Labute approximate surface area is 124 Å². The highest BCUT2D eigenvalue weighted by Crippen LogP contribution is 2.27. The number of pyridine rings is 1. The molecule has 0 amide bonds. The highest BCUT2D eigenvalue weighted by molar-refractivity contribution is 5.52. The molecule has 4 heteroatoms. The van der Waals surface area contributed by atoms with Gasteiger partial charge < -0.3 is 10.1 Å². The molecule has 3 rings (SSSR count). The Bertz CT molecular complexity index is 691. The van der Waals surface area contributed by atoms with Crippen LogP contribution >= 0.6 is 0 Å². The van der Waals surface area contributed by atoms with Crippen LogP contribution in [0, 0.1) is 18.3 Å². The number of nitrogens with one attached hydrogen (secondary N) is 1. The average Bonchev–Trinajstić information content (AvgIpc) is 2.53. The summed E-state index contributed by atoms with van der Waals surface area (Å²) in [5.74, 6) is 0.629. The summed E-state index contributed by atoms with van der Waals surface area (Å²) >= 11 is 0. The summed E-state index contributed by atoms with van der Waals surface area (Å²) in [4.78, 5) is 4.40. The maximum absolute atomic E-state index is 9.14. The molecule has 1 aromatic heterocycles. The lowest BCUT2D eigenvalue weighted by atomic mass is 9.97. The van der Waals surface area contributed by atoms with Crippen molar-refractivity contribution in [1.29, 1.82) is 5.26 Å². The zero-order valence-corrected chi connectivity index (χ0v) is 12.0. The maximum Gasteiger partial charge on any atom is 0.144 e. The van der Waals surface area contributed by atoms with Crippen molar-refractivity contribution in [2.45, 2.75) is 19.4 Å². The van der Waals surface area contributed by atoms with Crippen LogP contribution in [-0.4, -0.2) is 18.1 Å². The topological polar surface area (TPSA) is 57.9 Å². The largest absolute Gasteiger partial charge is 0.371 e. The lowest BCUT2D eigenvalue weighted by Gasteiger charge is -2.26. The van der Waals surface area contributed by atoms with Gasteiger partial charge >= 0.3 is 0 Å². The second-order valence-corrected chi connectivity index (χ2v) is 5.15. The average molecular weight is 279 g/mol. The summed E-state index contributed by atoms with van der Waals surface area (Å²) in [7, 11) is 0. The molecule has 1 N–H and O–H groups in total. The van der Waals surface area contributed by atoms with Gasteiger partial charge in [-0.1, -0.05) is 24.3 Å². The maximum atomic E-state index is 9.14. The number of rotatable bonds is 3. The van der Waals surface area contributed by atoms with Crippen LogP contribution in [0.1, 0.15) is 28.5 Å². The predicted molar refractivity (Wildman–Crippen MR) is 81.0 cm³/mol. The Morgan fingerprint density at radius 1 is 1.33 bits per heavy atom. The van der Waals surface area contributed by atoms with E-state index in [-0.39, 0.29) is 6.10 Å². The number of nitrogens with zero attached hydrogens (tertiary/aromatic N) is 2. The third-order valence-corrected chi connectivity index (χ3v) is 3.70. The lowest BCUT2D eigenvalue weighted by molar-refractivity contribution is 0.0513. The van der Waals surface area contributed by atoms with Crippen LogP contribution in [0.25, 0.3) is 0 Å². The molecule has 0 aliphatic carbocycles. The van der Waals surface area contributed by atoms with E-state index in [9.17, 15) is 0 Å². The van der Waals surface area contributed by atoms with Gasteiger partial charge in [0.1, 0.15) is 11.9 Å². The molecule has 1 atom stereocenters. The zero-order valence-electron chi connectivity index (χ0n) is 12.0. The van der Waals surface area contributed by atoms with Gasteiger partial charge in [-0.3, -0.25) is 0 Å². The van der Waals surface area contributed by atoms with E-state index in [1.807, 2.05) is 19.1 Å². The Morgan fingerprint density at radius 2 is 2.19 bits per heavy atom. The molecule has 0 radical (unpaired) electrons. The van der Waals surface area contributed by atoms with Crippen LogP contribution < -0.4 is 5.32 Å². The molecule has 21 heavy (non-hydrogen) atoms. The number of aromatic nitrogens is 1.